The Morgan fingerprint density at radius 2 is 2.00 bits per heavy atom. The minimum Gasteiger partial charge on any atom is -0.462 e. The molecule has 10 nitrogen and oxygen atoms in total. The first kappa shape index (κ1) is 20.0. The van der Waals surface area contributed by atoms with E-state index in [1.54, 1.807) is 19.5 Å². The van der Waals surface area contributed by atoms with Crippen molar-refractivity contribution < 1.29 is 14.6 Å². The maximum Gasteiger partial charge on any atom is 0.298 e. The lowest BCUT2D eigenvalue weighted by atomic mass is 9.92. The van der Waals surface area contributed by atoms with Crippen molar-refractivity contribution in [3.63, 3.8) is 0 Å². The van der Waals surface area contributed by atoms with Crippen molar-refractivity contribution in [3.8, 4) is 6.01 Å². The predicted octanol–water partition coefficient (Wildman–Crippen LogP) is 2.07. The monoisotopic (exact) mass is 425 g/mol. The molecule has 5 heterocycles. The average molecular weight is 425 g/mol. The quantitative estimate of drug-likeness (QED) is 0.635. The van der Waals surface area contributed by atoms with Gasteiger partial charge in [-0.3, -0.25) is 4.57 Å². The summed E-state index contributed by atoms with van der Waals surface area (Å²) in [5, 5.41) is 12.9. The van der Waals surface area contributed by atoms with Gasteiger partial charge in [-0.05, 0) is 32.8 Å². The van der Waals surface area contributed by atoms with Gasteiger partial charge < -0.3 is 24.8 Å². The summed E-state index contributed by atoms with van der Waals surface area (Å²) < 4.78 is 13.4. The molecule has 0 atom stereocenters. The number of nitrogens with zero attached hydrogens (tertiary/aromatic N) is 6. The Balaban J connectivity index is 1.36. The fraction of sp³-hybridized carbons (Fsp3) is 0.524. The maximum atomic E-state index is 9.65. The molecule has 0 aromatic carbocycles. The molecule has 0 amide bonds. The molecule has 0 bridgehead atoms. The maximum absolute atomic E-state index is 9.65. The minimum atomic E-state index is -0.464. The second-order valence-electron chi connectivity index (χ2n) is 8.79. The Bertz CT molecular complexity index is 1100. The van der Waals surface area contributed by atoms with Gasteiger partial charge >= 0.3 is 0 Å². The van der Waals surface area contributed by atoms with Crippen LogP contribution in [0.3, 0.4) is 0 Å². The van der Waals surface area contributed by atoms with E-state index >= 15 is 0 Å². The number of rotatable bonds is 5. The molecular weight excluding hydrogens is 398 g/mol. The Hall–Kier alpha value is -2.98. The predicted molar refractivity (Wildman–Crippen MR) is 116 cm³/mol. The third-order valence-electron chi connectivity index (χ3n) is 6.25. The number of imidazole rings is 1. The van der Waals surface area contributed by atoms with Crippen molar-refractivity contribution in [2.24, 2.45) is 0 Å². The van der Waals surface area contributed by atoms with E-state index in [1.807, 2.05) is 12.1 Å². The lowest BCUT2D eigenvalue weighted by molar-refractivity contribution is -0.0674. The summed E-state index contributed by atoms with van der Waals surface area (Å²) in [7, 11) is 1.65. The number of aliphatic hydroxyl groups excluding tert-OH is 1. The van der Waals surface area contributed by atoms with E-state index < -0.39 is 5.60 Å². The van der Waals surface area contributed by atoms with Gasteiger partial charge in [-0.1, -0.05) is 0 Å². The molecule has 0 saturated carbocycles. The van der Waals surface area contributed by atoms with Crippen LogP contribution in [0.5, 0.6) is 6.01 Å². The lowest BCUT2D eigenvalue weighted by Crippen LogP contribution is -2.48. The first-order valence-electron chi connectivity index (χ1n) is 10.5. The molecule has 3 aromatic rings. The molecule has 10 heteroatoms. The van der Waals surface area contributed by atoms with Gasteiger partial charge in [0.1, 0.15) is 23.8 Å². The van der Waals surface area contributed by atoms with Crippen LogP contribution in [-0.4, -0.2) is 68.6 Å². The van der Waals surface area contributed by atoms with Crippen LogP contribution in [0, 0.1) is 0 Å². The van der Waals surface area contributed by atoms with E-state index in [1.165, 1.54) is 0 Å². The zero-order chi connectivity index (χ0) is 21.6. The standard InChI is InChI=1S/C21H27N7O3/c1-20(2)13-31-19-24-14-11-23-17(10-15(14)28(19)20)25-16-4-7-22-18(26-16)27-8-5-21(12-29,30-3)6-9-27/h4,7,10-11,29H,5-6,8-9,12-13H2,1-3H3,(H,22,23,25,26). The van der Waals surface area contributed by atoms with Gasteiger partial charge in [-0.25, -0.2) is 9.97 Å². The summed E-state index contributed by atoms with van der Waals surface area (Å²) in [6.07, 6.45) is 4.93. The molecule has 0 radical (unpaired) electrons. The number of fused-ring (bicyclic) bond motifs is 3. The molecular formula is C21H27N7O3. The molecule has 164 valence electrons. The van der Waals surface area contributed by atoms with E-state index in [9.17, 15) is 5.11 Å². The van der Waals surface area contributed by atoms with Gasteiger partial charge in [0.15, 0.2) is 0 Å². The van der Waals surface area contributed by atoms with Crippen LogP contribution in [0.4, 0.5) is 17.6 Å². The Labute approximate surface area is 180 Å². The highest BCUT2D eigenvalue weighted by molar-refractivity contribution is 5.80. The van der Waals surface area contributed by atoms with E-state index in [4.69, 9.17) is 9.47 Å². The number of aliphatic hydroxyl groups is 1. The first-order valence-corrected chi connectivity index (χ1v) is 10.5. The molecule has 3 aromatic heterocycles. The molecule has 2 aliphatic rings. The number of aromatic nitrogens is 5. The Morgan fingerprint density at radius 3 is 2.74 bits per heavy atom. The summed E-state index contributed by atoms with van der Waals surface area (Å²) in [6.45, 7) is 6.32. The topological polar surface area (TPSA) is 110 Å². The van der Waals surface area contributed by atoms with Crippen molar-refractivity contribution in [2.45, 2.75) is 37.8 Å². The van der Waals surface area contributed by atoms with Gasteiger partial charge in [0.05, 0.1) is 29.5 Å². The summed E-state index contributed by atoms with van der Waals surface area (Å²) in [5.74, 6) is 1.99. The molecule has 1 saturated heterocycles. The van der Waals surface area contributed by atoms with Crippen LogP contribution in [0.25, 0.3) is 11.0 Å². The lowest BCUT2D eigenvalue weighted by Gasteiger charge is -2.39. The fourth-order valence-corrected chi connectivity index (χ4v) is 4.26. The van der Waals surface area contributed by atoms with Crippen molar-refractivity contribution in [3.05, 3.63) is 24.5 Å². The van der Waals surface area contributed by atoms with E-state index in [0.717, 1.165) is 37.0 Å². The fourth-order valence-electron chi connectivity index (χ4n) is 4.26. The van der Waals surface area contributed by atoms with Crippen LogP contribution in [-0.2, 0) is 10.3 Å². The van der Waals surface area contributed by atoms with Crippen LogP contribution in [0.1, 0.15) is 26.7 Å². The zero-order valence-electron chi connectivity index (χ0n) is 18.0. The second-order valence-corrected chi connectivity index (χ2v) is 8.79. The van der Waals surface area contributed by atoms with Gasteiger partial charge in [-0.15, -0.1) is 0 Å². The summed E-state index contributed by atoms with van der Waals surface area (Å²) in [6, 6.07) is 4.42. The SMILES string of the molecule is COC1(CO)CCN(c2nccc(Nc3cc4c(cn3)nc3n4C(C)(C)CO3)n2)CC1. The van der Waals surface area contributed by atoms with Crippen molar-refractivity contribution in [1.82, 2.24) is 24.5 Å². The Kier molecular flexibility index (Phi) is 4.71. The van der Waals surface area contributed by atoms with Gasteiger partial charge in [0.2, 0.25) is 5.95 Å². The normalized spacial score (nSPS) is 19.3. The van der Waals surface area contributed by atoms with E-state index in [0.29, 0.717) is 30.2 Å². The minimum absolute atomic E-state index is 0.0219. The molecule has 1 fully saturated rings. The summed E-state index contributed by atoms with van der Waals surface area (Å²) in [5.41, 5.74) is 1.15. The highest BCUT2D eigenvalue weighted by atomic mass is 16.5. The van der Waals surface area contributed by atoms with Crippen molar-refractivity contribution >= 4 is 28.6 Å². The van der Waals surface area contributed by atoms with Crippen LogP contribution < -0.4 is 15.0 Å². The first-order chi connectivity index (χ1) is 14.9. The van der Waals surface area contributed by atoms with Crippen molar-refractivity contribution in [2.75, 3.05) is 43.6 Å². The average Bonchev–Trinajstić information content (AvgIpc) is 3.31. The molecule has 2 N–H and O–H groups in total. The van der Waals surface area contributed by atoms with Crippen LogP contribution >= 0.6 is 0 Å². The number of piperidine rings is 1. The zero-order valence-corrected chi connectivity index (χ0v) is 18.0. The smallest absolute Gasteiger partial charge is 0.298 e. The molecule has 5 rings (SSSR count). The largest absolute Gasteiger partial charge is 0.462 e. The number of hydrogen-bond donors (Lipinski definition) is 2. The van der Waals surface area contributed by atoms with Crippen LogP contribution in [0.15, 0.2) is 24.5 Å². The third kappa shape index (κ3) is 3.45. The van der Waals surface area contributed by atoms with Gasteiger partial charge in [0, 0.05) is 32.5 Å². The number of ether oxygens (including phenoxy) is 2. The van der Waals surface area contributed by atoms with E-state index in [2.05, 4.69) is 48.6 Å². The summed E-state index contributed by atoms with van der Waals surface area (Å²) in [4.78, 5) is 20.2. The number of nitrogens with one attached hydrogen (secondary N) is 1. The van der Waals surface area contributed by atoms with Crippen LogP contribution in [0.2, 0.25) is 0 Å². The summed E-state index contributed by atoms with van der Waals surface area (Å²) >= 11 is 0. The second kappa shape index (κ2) is 7.31. The van der Waals surface area contributed by atoms with Gasteiger partial charge in [0.25, 0.3) is 6.01 Å². The van der Waals surface area contributed by atoms with Crippen molar-refractivity contribution in [1.29, 1.82) is 0 Å². The highest BCUT2D eigenvalue weighted by Crippen LogP contribution is 2.35. The van der Waals surface area contributed by atoms with E-state index in [-0.39, 0.29) is 12.1 Å². The third-order valence-corrected chi connectivity index (χ3v) is 6.25. The molecule has 0 spiro atoms. The highest BCUT2D eigenvalue weighted by Gasteiger charge is 2.35. The Morgan fingerprint density at radius 1 is 1.19 bits per heavy atom. The molecule has 0 unspecified atom stereocenters. The number of anilines is 3. The number of pyridine rings is 1. The van der Waals surface area contributed by atoms with Gasteiger partial charge in [-0.2, -0.15) is 9.97 Å². The number of methoxy groups -OCH3 is 1. The molecule has 2 aliphatic heterocycles. The molecule has 0 aliphatic carbocycles. The number of hydrogen-bond acceptors (Lipinski definition) is 9. The molecule has 31 heavy (non-hydrogen) atoms.